The van der Waals surface area contributed by atoms with Gasteiger partial charge in [0.15, 0.2) is 0 Å². The Balaban J connectivity index is 1.69. The number of pyridine rings is 1. The lowest BCUT2D eigenvalue weighted by molar-refractivity contribution is 0.0778. The number of nitrogens with one attached hydrogen (secondary N) is 1. The number of nitrogens with zero attached hydrogens (tertiary/aromatic N) is 4. The van der Waals surface area contributed by atoms with Gasteiger partial charge in [-0.05, 0) is 29.8 Å². The van der Waals surface area contributed by atoms with E-state index in [1.54, 1.807) is 18.6 Å². The van der Waals surface area contributed by atoms with Gasteiger partial charge in [0.05, 0.1) is 25.5 Å². The minimum atomic E-state index is -0.840. The van der Waals surface area contributed by atoms with Crippen molar-refractivity contribution in [3.63, 3.8) is 0 Å². The molecule has 0 aliphatic carbocycles. The summed E-state index contributed by atoms with van der Waals surface area (Å²) in [5.41, 5.74) is 3.78. The highest BCUT2D eigenvalue weighted by Crippen LogP contribution is 2.21. The Hall–Kier alpha value is -2.77. The van der Waals surface area contributed by atoms with Crippen molar-refractivity contribution in [3.05, 3.63) is 60.6 Å². The number of hydrogen-bond donors (Lipinski definition) is 3. The van der Waals surface area contributed by atoms with Crippen molar-refractivity contribution in [1.82, 2.24) is 20.0 Å². The van der Waals surface area contributed by atoms with Crippen LogP contribution in [0.4, 0.5) is 5.69 Å². The molecule has 0 unspecified atom stereocenters. The molecule has 0 spiro atoms. The van der Waals surface area contributed by atoms with Gasteiger partial charge in [-0.2, -0.15) is 0 Å². The average molecular weight is 325 g/mol. The molecule has 124 valence electrons. The van der Waals surface area contributed by atoms with Crippen LogP contribution in [0.25, 0.3) is 11.3 Å². The van der Waals surface area contributed by atoms with E-state index in [0.29, 0.717) is 12.2 Å². The van der Waals surface area contributed by atoms with E-state index in [9.17, 15) is 5.11 Å². The van der Waals surface area contributed by atoms with Gasteiger partial charge in [0.2, 0.25) is 0 Å². The van der Waals surface area contributed by atoms with Crippen molar-refractivity contribution in [1.29, 1.82) is 0 Å². The second-order valence-corrected chi connectivity index (χ2v) is 5.45. The molecule has 7 nitrogen and oxygen atoms in total. The number of aliphatic hydroxyl groups excluding tert-OH is 2. The summed E-state index contributed by atoms with van der Waals surface area (Å²) in [5, 5.41) is 29.8. The van der Waals surface area contributed by atoms with Crippen molar-refractivity contribution in [2.75, 3.05) is 11.9 Å². The minimum absolute atomic E-state index is 0.212. The molecule has 0 bridgehead atoms. The molecule has 2 aromatic heterocycles. The van der Waals surface area contributed by atoms with Crippen LogP contribution in [0.15, 0.2) is 55.0 Å². The Labute approximate surface area is 139 Å². The van der Waals surface area contributed by atoms with Crippen LogP contribution in [0.5, 0.6) is 0 Å². The van der Waals surface area contributed by atoms with E-state index in [4.69, 9.17) is 5.11 Å². The van der Waals surface area contributed by atoms with E-state index in [2.05, 4.69) is 20.6 Å². The molecule has 0 saturated heterocycles. The van der Waals surface area contributed by atoms with Crippen LogP contribution in [0, 0.1) is 0 Å². The smallest absolute Gasteiger partial charge is 0.113 e. The molecule has 2 heterocycles. The van der Waals surface area contributed by atoms with Crippen molar-refractivity contribution in [3.8, 4) is 11.3 Å². The van der Waals surface area contributed by atoms with E-state index in [1.807, 2.05) is 36.4 Å². The SMILES string of the molecule is OC[C@H](O)Cn1cc(-c2cccc(NCc3ccncc3)c2)nn1. The zero-order valence-electron chi connectivity index (χ0n) is 13.1. The van der Waals surface area contributed by atoms with Crippen molar-refractivity contribution in [2.24, 2.45) is 0 Å². The van der Waals surface area contributed by atoms with Gasteiger partial charge in [0.1, 0.15) is 5.69 Å². The number of aromatic nitrogens is 4. The van der Waals surface area contributed by atoms with Crippen LogP contribution >= 0.6 is 0 Å². The molecule has 1 atom stereocenters. The van der Waals surface area contributed by atoms with E-state index in [1.165, 1.54) is 4.68 Å². The first-order valence-electron chi connectivity index (χ1n) is 7.67. The molecule has 0 aliphatic rings. The van der Waals surface area contributed by atoms with E-state index in [-0.39, 0.29) is 13.2 Å². The molecule has 1 aromatic carbocycles. The fourth-order valence-electron chi connectivity index (χ4n) is 2.29. The van der Waals surface area contributed by atoms with Crippen LogP contribution in [-0.2, 0) is 13.1 Å². The van der Waals surface area contributed by atoms with Crippen LogP contribution in [0.1, 0.15) is 5.56 Å². The second kappa shape index (κ2) is 7.67. The van der Waals surface area contributed by atoms with Gasteiger partial charge in [-0.1, -0.05) is 17.3 Å². The Morgan fingerprint density at radius 1 is 1.17 bits per heavy atom. The van der Waals surface area contributed by atoms with Gasteiger partial charge in [-0.15, -0.1) is 5.10 Å². The third kappa shape index (κ3) is 4.15. The van der Waals surface area contributed by atoms with Crippen molar-refractivity contribution >= 4 is 5.69 Å². The van der Waals surface area contributed by atoms with Crippen molar-refractivity contribution < 1.29 is 10.2 Å². The minimum Gasteiger partial charge on any atom is -0.394 e. The number of benzene rings is 1. The van der Waals surface area contributed by atoms with Gasteiger partial charge in [-0.3, -0.25) is 4.98 Å². The maximum absolute atomic E-state index is 9.46. The quantitative estimate of drug-likeness (QED) is 0.606. The summed E-state index contributed by atoms with van der Waals surface area (Å²) in [6.45, 7) is 0.619. The predicted molar refractivity (Wildman–Crippen MR) is 90.1 cm³/mol. The van der Waals surface area contributed by atoms with Gasteiger partial charge in [0, 0.05) is 30.2 Å². The maximum atomic E-state index is 9.46. The largest absolute Gasteiger partial charge is 0.394 e. The lowest BCUT2D eigenvalue weighted by Gasteiger charge is -2.07. The summed E-state index contributed by atoms with van der Waals surface area (Å²) in [7, 11) is 0. The first-order chi connectivity index (χ1) is 11.7. The average Bonchev–Trinajstić information content (AvgIpc) is 3.09. The first-order valence-corrected chi connectivity index (χ1v) is 7.67. The Morgan fingerprint density at radius 2 is 2.00 bits per heavy atom. The lowest BCUT2D eigenvalue weighted by atomic mass is 10.1. The molecule has 0 radical (unpaired) electrons. The molecule has 3 rings (SSSR count). The van der Waals surface area contributed by atoms with Crippen LogP contribution < -0.4 is 5.32 Å². The number of anilines is 1. The Morgan fingerprint density at radius 3 is 2.79 bits per heavy atom. The summed E-state index contributed by atoms with van der Waals surface area (Å²) in [6, 6.07) is 11.8. The fraction of sp³-hybridized carbons (Fsp3) is 0.235. The third-order valence-electron chi connectivity index (χ3n) is 3.55. The van der Waals surface area contributed by atoms with Crippen LogP contribution in [0.2, 0.25) is 0 Å². The molecule has 0 aliphatic heterocycles. The number of aliphatic hydroxyl groups is 2. The maximum Gasteiger partial charge on any atom is 0.113 e. The molecule has 0 fully saturated rings. The highest BCUT2D eigenvalue weighted by Gasteiger charge is 2.08. The lowest BCUT2D eigenvalue weighted by Crippen LogP contribution is -2.20. The number of hydrogen-bond acceptors (Lipinski definition) is 6. The zero-order chi connectivity index (χ0) is 16.8. The first kappa shape index (κ1) is 16.1. The standard InChI is InChI=1S/C17H19N5O2/c23-12-16(24)10-22-11-17(20-21-22)14-2-1-3-15(8-14)19-9-13-4-6-18-7-5-13/h1-8,11,16,19,23-24H,9-10,12H2/t16-/m1/s1. The molecule has 7 heteroatoms. The molecule has 0 saturated carbocycles. The Bertz CT molecular complexity index is 775. The summed E-state index contributed by atoms with van der Waals surface area (Å²) >= 11 is 0. The van der Waals surface area contributed by atoms with E-state index >= 15 is 0 Å². The van der Waals surface area contributed by atoms with Crippen LogP contribution in [-0.4, -0.2) is 42.9 Å². The fourth-order valence-corrected chi connectivity index (χ4v) is 2.29. The molecule has 3 aromatic rings. The van der Waals surface area contributed by atoms with Gasteiger partial charge >= 0.3 is 0 Å². The Kier molecular flexibility index (Phi) is 5.15. The molecule has 0 amide bonds. The van der Waals surface area contributed by atoms with Gasteiger partial charge in [-0.25, -0.2) is 4.68 Å². The normalized spacial score (nSPS) is 12.1. The summed E-state index contributed by atoms with van der Waals surface area (Å²) < 4.78 is 1.52. The van der Waals surface area contributed by atoms with E-state index in [0.717, 1.165) is 16.8 Å². The monoisotopic (exact) mass is 325 g/mol. The van der Waals surface area contributed by atoms with Gasteiger partial charge < -0.3 is 15.5 Å². The molecule has 24 heavy (non-hydrogen) atoms. The van der Waals surface area contributed by atoms with E-state index < -0.39 is 6.10 Å². The van der Waals surface area contributed by atoms with Crippen molar-refractivity contribution in [2.45, 2.75) is 19.2 Å². The summed E-state index contributed by atoms with van der Waals surface area (Å²) in [4.78, 5) is 4.00. The van der Waals surface area contributed by atoms with Crippen LogP contribution in [0.3, 0.4) is 0 Å². The highest BCUT2D eigenvalue weighted by atomic mass is 16.3. The number of rotatable bonds is 7. The summed E-state index contributed by atoms with van der Waals surface area (Å²) in [5.74, 6) is 0. The van der Waals surface area contributed by atoms with Gasteiger partial charge in [0.25, 0.3) is 0 Å². The zero-order valence-corrected chi connectivity index (χ0v) is 13.1. The highest BCUT2D eigenvalue weighted by molar-refractivity contribution is 5.64. The molecular weight excluding hydrogens is 306 g/mol. The third-order valence-corrected chi connectivity index (χ3v) is 3.55. The second-order valence-electron chi connectivity index (χ2n) is 5.45. The summed E-state index contributed by atoms with van der Waals surface area (Å²) in [6.07, 6.45) is 4.45. The molecular formula is C17H19N5O2. The predicted octanol–water partition coefficient (Wildman–Crippen LogP) is 1.31. The molecule has 3 N–H and O–H groups in total. The topological polar surface area (TPSA) is 96.1 Å².